The van der Waals surface area contributed by atoms with Crippen LogP contribution in [0.2, 0.25) is 0 Å². The van der Waals surface area contributed by atoms with E-state index in [0.29, 0.717) is 0 Å². The van der Waals surface area contributed by atoms with Gasteiger partial charge in [-0.2, -0.15) is 0 Å². The molecular weight excluding hydrogens is 351 g/mol. The topological polar surface area (TPSA) is 20.2 Å². The second-order valence-corrected chi connectivity index (χ2v) is 7.82. The molecule has 2 heteroatoms. The molecular formula is C27H31BO. The van der Waals surface area contributed by atoms with E-state index in [1.165, 1.54) is 27.9 Å². The van der Waals surface area contributed by atoms with E-state index >= 15 is 0 Å². The van der Waals surface area contributed by atoms with Gasteiger partial charge in [0.2, 0.25) is 0 Å². The predicted octanol–water partition coefficient (Wildman–Crippen LogP) is 6.23. The van der Waals surface area contributed by atoms with Gasteiger partial charge in [0.05, 0.1) is 0 Å². The van der Waals surface area contributed by atoms with Gasteiger partial charge in [-0.25, -0.2) is 0 Å². The molecule has 1 atom stereocenters. The summed E-state index contributed by atoms with van der Waals surface area (Å²) < 4.78 is 0. The summed E-state index contributed by atoms with van der Waals surface area (Å²) >= 11 is 0. The zero-order valence-corrected chi connectivity index (χ0v) is 17.7. The van der Waals surface area contributed by atoms with Gasteiger partial charge in [-0.3, -0.25) is 0 Å². The van der Waals surface area contributed by atoms with Crippen molar-refractivity contribution in [2.24, 2.45) is 0 Å². The lowest BCUT2D eigenvalue weighted by atomic mass is 9.67. The average Bonchev–Trinajstić information content (AvgIpc) is 2.90. The van der Waals surface area contributed by atoms with Crippen molar-refractivity contribution >= 4 is 7.48 Å². The minimum Gasteiger partial charge on any atom is -0.449 e. The molecule has 0 bridgehead atoms. The van der Waals surface area contributed by atoms with E-state index in [4.69, 9.17) is 0 Å². The third-order valence-electron chi connectivity index (χ3n) is 5.99. The number of hydrogen-bond acceptors (Lipinski definition) is 1. The molecule has 1 unspecified atom stereocenters. The van der Waals surface area contributed by atoms with Gasteiger partial charge in [0.15, 0.2) is 0 Å². The summed E-state index contributed by atoms with van der Waals surface area (Å²) in [6.07, 6.45) is 21.6. The molecule has 1 N–H and O–H groups in total. The molecule has 0 spiro atoms. The number of rotatable bonds is 7. The second kappa shape index (κ2) is 9.76. The van der Waals surface area contributed by atoms with Crippen LogP contribution in [0.1, 0.15) is 45.1 Å². The maximum Gasteiger partial charge on any atom is 0.300 e. The molecule has 1 aromatic rings. The van der Waals surface area contributed by atoms with Crippen LogP contribution < -0.4 is 0 Å². The molecule has 2 aliphatic carbocycles. The highest BCUT2D eigenvalue weighted by atomic mass is 16.2. The molecule has 148 valence electrons. The van der Waals surface area contributed by atoms with E-state index in [0.717, 1.165) is 31.2 Å². The Balaban J connectivity index is 2.26. The van der Waals surface area contributed by atoms with E-state index in [2.05, 4.69) is 86.4 Å². The van der Waals surface area contributed by atoms with Crippen molar-refractivity contribution < 1.29 is 5.02 Å². The Kier molecular flexibility index (Phi) is 7.11. The zero-order chi connectivity index (χ0) is 20.7. The van der Waals surface area contributed by atoms with Crippen molar-refractivity contribution in [3.05, 3.63) is 119 Å². The normalized spacial score (nSPS) is 23.3. The Bertz CT molecular complexity index is 925. The quantitative estimate of drug-likeness (QED) is 0.438. The van der Waals surface area contributed by atoms with E-state index in [9.17, 15) is 5.02 Å². The molecule has 0 radical (unpaired) electrons. The third-order valence-corrected chi connectivity index (χ3v) is 5.99. The lowest BCUT2D eigenvalue weighted by Crippen LogP contribution is -2.28. The SMILES string of the molecule is C=CCC/C(=C\C)C1(c2ccccc2)CC(=CC=C(C)BO)C2=C1C=CCC=C2. The minimum atomic E-state index is -0.160. The van der Waals surface area contributed by atoms with Crippen molar-refractivity contribution in [1.82, 2.24) is 0 Å². The molecule has 0 fully saturated rings. The molecule has 3 rings (SSSR count). The number of hydrogen-bond donors (Lipinski definition) is 1. The highest BCUT2D eigenvalue weighted by molar-refractivity contribution is 6.36. The van der Waals surface area contributed by atoms with Crippen LogP contribution in [0, 0.1) is 0 Å². The fourth-order valence-corrected chi connectivity index (χ4v) is 4.52. The fraction of sp³-hybridized carbons (Fsp3) is 0.259. The maximum atomic E-state index is 9.44. The fourth-order valence-electron chi connectivity index (χ4n) is 4.52. The van der Waals surface area contributed by atoms with E-state index in [1.54, 1.807) is 0 Å². The molecule has 0 heterocycles. The van der Waals surface area contributed by atoms with Crippen LogP contribution in [-0.2, 0) is 5.41 Å². The highest BCUT2D eigenvalue weighted by Gasteiger charge is 2.45. The lowest BCUT2D eigenvalue weighted by molar-refractivity contribution is 0.594. The Morgan fingerprint density at radius 2 is 1.97 bits per heavy atom. The van der Waals surface area contributed by atoms with Gasteiger partial charge >= 0.3 is 0 Å². The Labute approximate surface area is 176 Å². The smallest absolute Gasteiger partial charge is 0.300 e. The summed E-state index contributed by atoms with van der Waals surface area (Å²) in [4.78, 5) is 0. The van der Waals surface area contributed by atoms with Crippen molar-refractivity contribution in [2.75, 3.05) is 0 Å². The minimum absolute atomic E-state index is 0.0920. The summed E-state index contributed by atoms with van der Waals surface area (Å²) in [5.74, 6) is 0. The van der Waals surface area contributed by atoms with Gasteiger partial charge in [0, 0.05) is 5.41 Å². The molecule has 0 saturated carbocycles. The van der Waals surface area contributed by atoms with Crippen LogP contribution in [-0.4, -0.2) is 12.5 Å². The molecule has 0 saturated heterocycles. The molecule has 0 amide bonds. The predicted molar refractivity (Wildman–Crippen MR) is 127 cm³/mol. The highest BCUT2D eigenvalue weighted by Crippen LogP contribution is 2.55. The van der Waals surface area contributed by atoms with E-state index in [-0.39, 0.29) is 12.9 Å². The van der Waals surface area contributed by atoms with Crippen LogP contribution in [0.15, 0.2) is 113 Å². The van der Waals surface area contributed by atoms with Crippen LogP contribution >= 0.6 is 0 Å². The molecule has 1 nitrogen and oxygen atoms in total. The molecule has 29 heavy (non-hydrogen) atoms. The first-order chi connectivity index (χ1) is 14.2. The summed E-state index contributed by atoms with van der Waals surface area (Å²) in [5.41, 5.74) is 7.64. The van der Waals surface area contributed by atoms with Gasteiger partial charge < -0.3 is 5.02 Å². The molecule has 1 aromatic carbocycles. The van der Waals surface area contributed by atoms with Crippen molar-refractivity contribution in [3.63, 3.8) is 0 Å². The molecule has 0 aromatic heterocycles. The first-order valence-electron chi connectivity index (χ1n) is 10.5. The maximum absolute atomic E-state index is 9.44. The van der Waals surface area contributed by atoms with Crippen LogP contribution in [0.4, 0.5) is 0 Å². The Hall–Kier alpha value is -2.58. The molecule has 2 aliphatic rings. The first-order valence-corrected chi connectivity index (χ1v) is 10.5. The van der Waals surface area contributed by atoms with Gasteiger partial charge in [-0.05, 0) is 61.8 Å². The summed E-state index contributed by atoms with van der Waals surface area (Å²) in [7, 11) is 0.0920. The Morgan fingerprint density at radius 1 is 1.21 bits per heavy atom. The van der Waals surface area contributed by atoms with Gasteiger partial charge in [0.1, 0.15) is 0 Å². The lowest BCUT2D eigenvalue weighted by Gasteiger charge is -2.35. The van der Waals surface area contributed by atoms with E-state index in [1.807, 2.05) is 13.0 Å². The van der Waals surface area contributed by atoms with Crippen LogP contribution in [0.25, 0.3) is 0 Å². The van der Waals surface area contributed by atoms with Crippen molar-refractivity contribution in [3.8, 4) is 0 Å². The van der Waals surface area contributed by atoms with Gasteiger partial charge in [0.25, 0.3) is 7.48 Å². The van der Waals surface area contributed by atoms with Gasteiger partial charge in [-0.1, -0.05) is 90.0 Å². The summed E-state index contributed by atoms with van der Waals surface area (Å²) in [6, 6.07) is 10.9. The summed E-state index contributed by atoms with van der Waals surface area (Å²) in [5, 5.41) is 9.44. The van der Waals surface area contributed by atoms with Crippen LogP contribution in [0.5, 0.6) is 0 Å². The van der Waals surface area contributed by atoms with Crippen LogP contribution in [0.3, 0.4) is 0 Å². The monoisotopic (exact) mass is 382 g/mol. The van der Waals surface area contributed by atoms with Crippen molar-refractivity contribution in [2.45, 2.75) is 44.9 Å². The van der Waals surface area contributed by atoms with Crippen molar-refractivity contribution in [1.29, 1.82) is 0 Å². The van der Waals surface area contributed by atoms with E-state index < -0.39 is 0 Å². The number of benzene rings is 1. The average molecular weight is 382 g/mol. The summed E-state index contributed by atoms with van der Waals surface area (Å²) in [6.45, 7) is 8.08. The zero-order valence-electron chi connectivity index (χ0n) is 17.7. The standard InChI is InChI=1S/C27H31BO/c1-4-6-13-23(5-2)27(24-14-9-7-10-15-24)20-22(19-18-21(3)28-29)25-16-11-8-12-17-26(25)27/h4-5,7,9-12,14-19,28-29H,1,6,8,13,20H2,2-3H3/b21-18?,22-19?,23-5+. The third kappa shape index (κ3) is 4.23. The Morgan fingerprint density at radius 3 is 2.66 bits per heavy atom. The van der Waals surface area contributed by atoms with Gasteiger partial charge in [-0.15, -0.1) is 6.58 Å². The number of allylic oxidation sites excluding steroid dienone is 13. The largest absolute Gasteiger partial charge is 0.449 e. The first kappa shape index (κ1) is 21.1. The molecule has 0 aliphatic heterocycles. The second-order valence-electron chi connectivity index (χ2n) is 7.82.